The van der Waals surface area contributed by atoms with Gasteiger partial charge in [-0.2, -0.15) is 0 Å². The molecule has 0 aromatic rings. The summed E-state index contributed by atoms with van der Waals surface area (Å²) in [7, 11) is 0. The van der Waals surface area contributed by atoms with Crippen molar-refractivity contribution in [2.24, 2.45) is 0 Å². The molecule has 15 heavy (non-hydrogen) atoms. The van der Waals surface area contributed by atoms with Crippen LogP contribution < -0.4 is 5.32 Å². The first kappa shape index (κ1) is 14.2. The summed E-state index contributed by atoms with van der Waals surface area (Å²) in [6.45, 7) is 11.6. The van der Waals surface area contributed by atoms with Gasteiger partial charge >= 0.3 is 0 Å². The highest BCUT2D eigenvalue weighted by molar-refractivity contribution is 5.83. The normalized spacial score (nSPS) is 14.6. The maximum absolute atomic E-state index is 11.8. The molecule has 88 valence electrons. The van der Waals surface area contributed by atoms with Crippen LogP contribution in [0.15, 0.2) is 12.2 Å². The second-order valence-electron chi connectivity index (χ2n) is 4.87. The SMILES string of the molecule is C/C=C/C(OC(C)C)C(=O)NC(C)(C)C. The third kappa shape index (κ3) is 7.14. The molecule has 0 heterocycles. The maximum atomic E-state index is 11.8. The minimum Gasteiger partial charge on any atom is -0.362 e. The molecular weight excluding hydrogens is 190 g/mol. The molecule has 0 aliphatic heterocycles. The maximum Gasteiger partial charge on any atom is 0.253 e. The van der Waals surface area contributed by atoms with E-state index >= 15 is 0 Å². The van der Waals surface area contributed by atoms with Crippen molar-refractivity contribution in [2.45, 2.75) is 59.3 Å². The van der Waals surface area contributed by atoms with Crippen molar-refractivity contribution in [3.05, 3.63) is 12.2 Å². The van der Waals surface area contributed by atoms with Crippen molar-refractivity contribution < 1.29 is 9.53 Å². The summed E-state index contributed by atoms with van der Waals surface area (Å²) in [6.07, 6.45) is 3.14. The minimum atomic E-state index is -0.491. The highest BCUT2D eigenvalue weighted by Gasteiger charge is 2.21. The van der Waals surface area contributed by atoms with Gasteiger partial charge in [0.2, 0.25) is 0 Å². The molecule has 1 unspecified atom stereocenters. The van der Waals surface area contributed by atoms with Crippen molar-refractivity contribution in [1.29, 1.82) is 0 Å². The van der Waals surface area contributed by atoms with E-state index in [9.17, 15) is 4.79 Å². The van der Waals surface area contributed by atoms with Gasteiger partial charge in [-0.15, -0.1) is 0 Å². The molecule has 0 bridgehead atoms. The van der Waals surface area contributed by atoms with E-state index in [1.165, 1.54) is 0 Å². The number of allylic oxidation sites excluding steroid dienone is 1. The van der Waals surface area contributed by atoms with Crippen LogP contribution in [0.1, 0.15) is 41.5 Å². The number of nitrogens with one attached hydrogen (secondary N) is 1. The molecule has 0 radical (unpaired) electrons. The van der Waals surface area contributed by atoms with Crippen molar-refractivity contribution >= 4 is 5.91 Å². The van der Waals surface area contributed by atoms with Crippen LogP contribution in [0, 0.1) is 0 Å². The summed E-state index contributed by atoms with van der Waals surface area (Å²) in [6, 6.07) is 0. The lowest BCUT2D eigenvalue weighted by Crippen LogP contribution is -2.46. The van der Waals surface area contributed by atoms with Crippen LogP contribution in [0.3, 0.4) is 0 Å². The number of carbonyl (C=O) groups is 1. The van der Waals surface area contributed by atoms with E-state index in [1.54, 1.807) is 6.08 Å². The van der Waals surface area contributed by atoms with Crippen LogP contribution in [0.2, 0.25) is 0 Å². The molecule has 1 amide bonds. The lowest BCUT2D eigenvalue weighted by molar-refractivity contribution is -0.133. The molecule has 0 fully saturated rings. The zero-order valence-electron chi connectivity index (χ0n) is 10.6. The summed E-state index contributed by atoms with van der Waals surface area (Å²) >= 11 is 0. The molecular formula is C12H23NO2. The van der Waals surface area contributed by atoms with E-state index in [2.05, 4.69) is 5.32 Å². The zero-order valence-corrected chi connectivity index (χ0v) is 10.6. The molecule has 0 saturated heterocycles. The van der Waals surface area contributed by atoms with E-state index in [4.69, 9.17) is 4.74 Å². The monoisotopic (exact) mass is 213 g/mol. The Morgan fingerprint density at radius 2 is 1.87 bits per heavy atom. The molecule has 0 aliphatic carbocycles. The fourth-order valence-electron chi connectivity index (χ4n) is 1.10. The molecule has 0 saturated carbocycles. The van der Waals surface area contributed by atoms with Crippen molar-refractivity contribution in [3.63, 3.8) is 0 Å². The topological polar surface area (TPSA) is 38.3 Å². The first-order chi connectivity index (χ1) is 6.76. The van der Waals surface area contributed by atoms with Gasteiger partial charge in [-0.25, -0.2) is 0 Å². The number of amides is 1. The van der Waals surface area contributed by atoms with Gasteiger partial charge < -0.3 is 10.1 Å². The second kappa shape index (κ2) is 5.91. The van der Waals surface area contributed by atoms with E-state index in [1.807, 2.05) is 47.6 Å². The average Bonchev–Trinajstić information content (AvgIpc) is 1.99. The summed E-state index contributed by atoms with van der Waals surface area (Å²) in [4.78, 5) is 11.8. The molecule has 0 aromatic heterocycles. The number of hydrogen-bond donors (Lipinski definition) is 1. The standard InChI is InChI=1S/C12H23NO2/c1-7-8-10(15-9(2)3)11(14)13-12(4,5)6/h7-10H,1-6H3,(H,13,14)/b8-7+. The lowest BCUT2D eigenvalue weighted by atomic mass is 10.1. The predicted octanol–water partition coefficient (Wildman–Crippen LogP) is 2.27. The first-order valence-corrected chi connectivity index (χ1v) is 5.36. The number of carbonyl (C=O) groups excluding carboxylic acids is 1. The molecule has 0 aromatic carbocycles. The Kier molecular flexibility index (Phi) is 5.58. The Labute approximate surface area is 92.9 Å². The summed E-state index contributed by atoms with van der Waals surface area (Å²) in [5.41, 5.74) is -0.225. The largest absolute Gasteiger partial charge is 0.362 e. The van der Waals surface area contributed by atoms with Gasteiger partial charge in [-0.1, -0.05) is 12.2 Å². The third-order valence-corrected chi connectivity index (χ3v) is 1.54. The van der Waals surface area contributed by atoms with Crippen molar-refractivity contribution in [2.75, 3.05) is 0 Å². The van der Waals surface area contributed by atoms with Crippen LogP contribution in [0.4, 0.5) is 0 Å². The highest BCUT2D eigenvalue weighted by atomic mass is 16.5. The van der Waals surface area contributed by atoms with Crippen LogP contribution >= 0.6 is 0 Å². The summed E-state index contributed by atoms with van der Waals surface area (Å²) in [5, 5.41) is 2.89. The van der Waals surface area contributed by atoms with E-state index in [0.29, 0.717) is 0 Å². The van der Waals surface area contributed by atoms with Gasteiger partial charge in [0, 0.05) is 5.54 Å². The van der Waals surface area contributed by atoms with Crippen molar-refractivity contribution in [1.82, 2.24) is 5.32 Å². The van der Waals surface area contributed by atoms with Gasteiger partial charge in [-0.3, -0.25) is 4.79 Å². The Morgan fingerprint density at radius 3 is 2.20 bits per heavy atom. The fraction of sp³-hybridized carbons (Fsp3) is 0.750. The Balaban J connectivity index is 4.42. The lowest BCUT2D eigenvalue weighted by Gasteiger charge is -2.24. The average molecular weight is 213 g/mol. The van der Waals surface area contributed by atoms with Gasteiger partial charge in [0.1, 0.15) is 0 Å². The smallest absolute Gasteiger partial charge is 0.253 e. The molecule has 3 heteroatoms. The number of hydrogen-bond acceptors (Lipinski definition) is 2. The van der Waals surface area contributed by atoms with Crippen LogP contribution in [0.5, 0.6) is 0 Å². The molecule has 3 nitrogen and oxygen atoms in total. The quantitative estimate of drug-likeness (QED) is 0.727. The van der Waals surface area contributed by atoms with Crippen LogP contribution in [-0.2, 0) is 9.53 Å². The third-order valence-electron chi connectivity index (χ3n) is 1.54. The molecule has 0 aliphatic rings. The van der Waals surface area contributed by atoms with Crippen LogP contribution in [0.25, 0.3) is 0 Å². The van der Waals surface area contributed by atoms with E-state index in [0.717, 1.165) is 0 Å². The van der Waals surface area contributed by atoms with Gasteiger partial charge in [-0.05, 0) is 41.5 Å². The van der Waals surface area contributed by atoms with Gasteiger partial charge in [0.25, 0.3) is 5.91 Å². The Morgan fingerprint density at radius 1 is 1.33 bits per heavy atom. The number of ether oxygens (including phenoxy) is 1. The van der Waals surface area contributed by atoms with E-state index in [-0.39, 0.29) is 17.6 Å². The Hall–Kier alpha value is -0.830. The first-order valence-electron chi connectivity index (χ1n) is 5.36. The fourth-order valence-corrected chi connectivity index (χ4v) is 1.10. The minimum absolute atomic E-state index is 0.0388. The molecule has 0 rings (SSSR count). The Bertz CT molecular complexity index is 226. The van der Waals surface area contributed by atoms with Gasteiger partial charge in [0.05, 0.1) is 6.10 Å². The van der Waals surface area contributed by atoms with Crippen LogP contribution in [-0.4, -0.2) is 23.7 Å². The zero-order chi connectivity index (χ0) is 12.1. The van der Waals surface area contributed by atoms with Crippen molar-refractivity contribution in [3.8, 4) is 0 Å². The molecule has 1 N–H and O–H groups in total. The summed E-state index contributed by atoms with van der Waals surface area (Å²) in [5.74, 6) is -0.0886. The second-order valence-corrected chi connectivity index (χ2v) is 4.87. The number of rotatable bonds is 4. The van der Waals surface area contributed by atoms with E-state index < -0.39 is 6.10 Å². The van der Waals surface area contributed by atoms with Gasteiger partial charge in [0.15, 0.2) is 6.10 Å². The molecule has 0 spiro atoms. The molecule has 1 atom stereocenters. The summed E-state index contributed by atoms with van der Waals surface area (Å²) < 4.78 is 5.50. The predicted molar refractivity (Wildman–Crippen MR) is 62.7 cm³/mol. The highest BCUT2D eigenvalue weighted by Crippen LogP contribution is 2.05.